The molecular weight excluding hydrogens is 270 g/mol. The summed E-state index contributed by atoms with van der Waals surface area (Å²) in [5.74, 6) is 0.832. The predicted octanol–water partition coefficient (Wildman–Crippen LogP) is 3.18. The second-order valence-corrected chi connectivity index (χ2v) is 6.08. The molecular formula is C16H17NO2S. The summed E-state index contributed by atoms with van der Waals surface area (Å²) >= 11 is 1.64. The van der Waals surface area contributed by atoms with Gasteiger partial charge in [0.1, 0.15) is 5.75 Å². The van der Waals surface area contributed by atoms with Gasteiger partial charge in [0.25, 0.3) is 5.91 Å². The average molecular weight is 287 g/mol. The highest BCUT2D eigenvalue weighted by Gasteiger charge is 2.18. The standard InChI is InChI=1S/C16H17NO2S/c1-19-13-6-2-4-11(8-13)10-17-16(18)15-9-12-5-3-7-14(12)20-15/h2,4,6,8-9H,3,5,7,10H2,1H3,(H,17,18). The first-order valence-corrected chi connectivity index (χ1v) is 7.60. The zero-order chi connectivity index (χ0) is 13.9. The summed E-state index contributed by atoms with van der Waals surface area (Å²) in [6.45, 7) is 0.526. The van der Waals surface area contributed by atoms with Crippen molar-refractivity contribution in [3.63, 3.8) is 0 Å². The molecule has 0 spiro atoms. The smallest absolute Gasteiger partial charge is 0.261 e. The maximum atomic E-state index is 12.1. The number of methoxy groups -OCH3 is 1. The highest BCUT2D eigenvalue weighted by Crippen LogP contribution is 2.30. The minimum absolute atomic E-state index is 0.0206. The Morgan fingerprint density at radius 3 is 3.05 bits per heavy atom. The van der Waals surface area contributed by atoms with Crippen molar-refractivity contribution in [3.8, 4) is 5.75 Å². The molecule has 0 atom stereocenters. The van der Waals surface area contributed by atoms with Crippen LogP contribution in [0.2, 0.25) is 0 Å². The second kappa shape index (κ2) is 5.67. The first-order valence-electron chi connectivity index (χ1n) is 6.79. The van der Waals surface area contributed by atoms with Gasteiger partial charge in [-0.1, -0.05) is 12.1 Å². The lowest BCUT2D eigenvalue weighted by molar-refractivity contribution is 0.0955. The molecule has 1 amide bonds. The molecule has 0 saturated carbocycles. The van der Waals surface area contributed by atoms with Crippen LogP contribution in [-0.4, -0.2) is 13.0 Å². The van der Waals surface area contributed by atoms with Crippen LogP contribution in [0.25, 0.3) is 0 Å². The van der Waals surface area contributed by atoms with Gasteiger partial charge in [0.15, 0.2) is 0 Å². The van der Waals surface area contributed by atoms with Crippen LogP contribution in [0.1, 0.15) is 32.1 Å². The van der Waals surface area contributed by atoms with Crippen molar-refractivity contribution in [1.82, 2.24) is 5.32 Å². The molecule has 0 saturated heterocycles. The number of hydrogen-bond donors (Lipinski definition) is 1. The maximum absolute atomic E-state index is 12.1. The fraction of sp³-hybridized carbons (Fsp3) is 0.312. The molecule has 104 valence electrons. The number of carbonyl (C=O) groups is 1. The highest BCUT2D eigenvalue weighted by molar-refractivity contribution is 7.14. The number of hydrogen-bond acceptors (Lipinski definition) is 3. The minimum Gasteiger partial charge on any atom is -0.497 e. The summed E-state index contributed by atoms with van der Waals surface area (Å²) in [5.41, 5.74) is 2.41. The monoisotopic (exact) mass is 287 g/mol. The van der Waals surface area contributed by atoms with Crippen LogP contribution in [0.3, 0.4) is 0 Å². The summed E-state index contributed by atoms with van der Waals surface area (Å²) in [6, 6.07) is 9.80. The molecule has 2 aromatic rings. The summed E-state index contributed by atoms with van der Waals surface area (Å²) in [6.07, 6.45) is 3.48. The normalized spacial score (nSPS) is 13.1. The van der Waals surface area contributed by atoms with Gasteiger partial charge >= 0.3 is 0 Å². The Balaban J connectivity index is 1.63. The SMILES string of the molecule is COc1cccc(CNC(=O)c2cc3c(s2)CCC3)c1. The number of fused-ring (bicyclic) bond motifs is 1. The average Bonchev–Trinajstić information content (AvgIpc) is 3.06. The van der Waals surface area contributed by atoms with E-state index in [1.807, 2.05) is 30.3 Å². The van der Waals surface area contributed by atoms with E-state index >= 15 is 0 Å². The van der Waals surface area contributed by atoms with E-state index in [1.54, 1.807) is 18.4 Å². The molecule has 1 aliphatic rings. The molecule has 3 nitrogen and oxygen atoms in total. The van der Waals surface area contributed by atoms with Crippen LogP contribution >= 0.6 is 11.3 Å². The van der Waals surface area contributed by atoms with Gasteiger partial charge in [-0.2, -0.15) is 0 Å². The number of amides is 1. The second-order valence-electron chi connectivity index (χ2n) is 4.95. The summed E-state index contributed by atoms with van der Waals surface area (Å²) in [5, 5.41) is 2.97. The van der Waals surface area contributed by atoms with Gasteiger partial charge < -0.3 is 10.1 Å². The number of carbonyl (C=O) groups excluding carboxylic acids is 1. The minimum atomic E-state index is 0.0206. The first-order chi connectivity index (χ1) is 9.76. The van der Waals surface area contributed by atoms with E-state index in [-0.39, 0.29) is 5.91 Å². The summed E-state index contributed by atoms with van der Waals surface area (Å²) < 4.78 is 5.18. The van der Waals surface area contributed by atoms with Crippen molar-refractivity contribution in [2.75, 3.05) is 7.11 Å². The van der Waals surface area contributed by atoms with Crippen LogP contribution in [0.5, 0.6) is 5.75 Å². The lowest BCUT2D eigenvalue weighted by Gasteiger charge is -2.06. The van der Waals surface area contributed by atoms with Crippen molar-refractivity contribution in [2.45, 2.75) is 25.8 Å². The summed E-state index contributed by atoms with van der Waals surface area (Å²) in [7, 11) is 1.64. The number of benzene rings is 1. The molecule has 0 unspecified atom stereocenters. The molecule has 0 aliphatic heterocycles. The van der Waals surface area contributed by atoms with Gasteiger partial charge in [-0.25, -0.2) is 0 Å². The van der Waals surface area contributed by atoms with Crippen LogP contribution in [-0.2, 0) is 19.4 Å². The fourth-order valence-corrected chi connectivity index (χ4v) is 3.66. The Bertz CT molecular complexity index is 612. The Hall–Kier alpha value is -1.81. The van der Waals surface area contributed by atoms with Crippen LogP contribution in [0.4, 0.5) is 0 Å². The zero-order valence-electron chi connectivity index (χ0n) is 11.4. The van der Waals surface area contributed by atoms with Gasteiger partial charge in [-0.3, -0.25) is 4.79 Å². The highest BCUT2D eigenvalue weighted by atomic mass is 32.1. The van der Waals surface area contributed by atoms with Gasteiger partial charge in [-0.15, -0.1) is 11.3 Å². The van der Waals surface area contributed by atoms with Gasteiger partial charge in [-0.05, 0) is 48.6 Å². The number of nitrogens with one attached hydrogen (secondary N) is 1. The molecule has 4 heteroatoms. The summed E-state index contributed by atoms with van der Waals surface area (Å²) in [4.78, 5) is 14.4. The zero-order valence-corrected chi connectivity index (χ0v) is 12.3. The van der Waals surface area contributed by atoms with E-state index in [2.05, 4.69) is 5.32 Å². The third kappa shape index (κ3) is 2.70. The third-order valence-electron chi connectivity index (χ3n) is 3.56. The van der Waals surface area contributed by atoms with Crippen molar-refractivity contribution < 1.29 is 9.53 Å². The molecule has 1 aromatic heterocycles. The quantitative estimate of drug-likeness (QED) is 0.938. The van der Waals surface area contributed by atoms with E-state index in [0.717, 1.165) is 29.0 Å². The molecule has 1 aliphatic carbocycles. The van der Waals surface area contributed by atoms with Crippen molar-refractivity contribution in [1.29, 1.82) is 0 Å². The third-order valence-corrected chi connectivity index (χ3v) is 4.79. The first kappa shape index (κ1) is 13.2. The molecule has 0 bridgehead atoms. The van der Waals surface area contributed by atoms with Crippen molar-refractivity contribution in [2.24, 2.45) is 0 Å². The molecule has 1 N–H and O–H groups in total. The van der Waals surface area contributed by atoms with E-state index in [0.29, 0.717) is 6.54 Å². The molecule has 20 heavy (non-hydrogen) atoms. The number of ether oxygens (including phenoxy) is 1. The molecule has 3 rings (SSSR count). The Morgan fingerprint density at radius 2 is 2.25 bits per heavy atom. The Labute approximate surface area is 122 Å². The fourth-order valence-electron chi connectivity index (χ4n) is 2.49. The predicted molar refractivity (Wildman–Crippen MR) is 80.5 cm³/mol. The number of rotatable bonds is 4. The van der Waals surface area contributed by atoms with Gasteiger partial charge in [0.05, 0.1) is 12.0 Å². The van der Waals surface area contributed by atoms with Crippen LogP contribution in [0.15, 0.2) is 30.3 Å². The van der Waals surface area contributed by atoms with E-state index in [9.17, 15) is 4.79 Å². The van der Waals surface area contributed by atoms with E-state index < -0.39 is 0 Å². The maximum Gasteiger partial charge on any atom is 0.261 e. The number of thiophene rings is 1. The van der Waals surface area contributed by atoms with Crippen molar-refractivity contribution in [3.05, 3.63) is 51.2 Å². The topological polar surface area (TPSA) is 38.3 Å². The Morgan fingerprint density at radius 1 is 1.35 bits per heavy atom. The van der Waals surface area contributed by atoms with Gasteiger partial charge in [0.2, 0.25) is 0 Å². The van der Waals surface area contributed by atoms with E-state index in [1.165, 1.54) is 16.9 Å². The largest absolute Gasteiger partial charge is 0.497 e. The Kier molecular flexibility index (Phi) is 3.74. The van der Waals surface area contributed by atoms with Crippen LogP contribution in [0, 0.1) is 0 Å². The lowest BCUT2D eigenvalue weighted by Crippen LogP contribution is -2.21. The molecule has 1 aromatic carbocycles. The molecule has 0 fully saturated rings. The lowest BCUT2D eigenvalue weighted by atomic mass is 10.2. The number of aryl methyl sites for hydroxylation is 2. The molecule has 0 radical (unpaired) electrons. The van der Waals surface area contributed by atoms with Gasteiger partial charge in [0, 0.05) is 11.4 Å². The molecule has 1 heterocycles. The van der Waals surface area contributed by atoms with E-state index in [4.69, 9.17) is 4.74 Å². The van der Waals surface area contributed by atoms with Crippen molar-refractivity contribution >= 4 is 17.2 Å². The van der Waals surface area contributed by atoms with Crippen LogP contribution < -0.4 is 10.1 Å².